The van der Waals surface area contributed by atoms with Crippen LogP contribution >= 0.6 is 0 Å². The Bertz CT molecular complexity index is 453. The second kappa shape index (κ2) is 4.32. The summed E-state index contributed by atoms with van der Waals surface area (Å²) < 4.78 is 0. The van der Waals surface area contributed by atoms with Crippen molar-refractivity contribution in [2.45, 2.75) is 37.0 Å². The predicted octanol–water partition coefficient (Wildman–Crippen LogP) is 2.49. The van der Waals surface area contributed by atoms with E-state index in [1.165, 1.54) is 50.9 Å². The van der Waals surface area contributed by atoms with Crippen LogP contribution in [0.3, 0.4) is 0 Å². The van der Waals surface area contributed by atoms with Crippen molar-refractivity contribution in [1.82, 2.24) is 4.90 Å². The maximum Gasteiger partial charge on any atom is 0.00762 e. The maximum atomic E-state index is 5.92. The summed E-state index contributed by atoms with van der Waals surface area (Å²) in [6.45, 7) is 4.75. The van der Waals surface area contributed by atoms with E-state index in [2.05, 4.69) is 29.2 Å². The summed E-state index contributed by atoms with van der Waals surface area (Å²) in [6.07, 6.45) is 5.36. The van der Waals surface area contributed by atoms with Crippen molar-refractivity contribution in [2.24, 2.45) is 11.7 Å². The standard InChI is InChI=1S/C17H24N2/c18-12-17(7-8-17)15-3-1-13(2-4-15)16-11-19-9-5-14(16)6-10-19/h1-4,14,16H,5-12,18H2. The number of rotatable bonds is 3. The molecule has 3 aliphatic heterocycles. The van der Waals surface area contributed by atoms with Gasteiger partial charge in [0.2, 0.25) is 0 Å². The van der Waals surface area contributed by atoms with Gasteiger partial charge in [0.15, 0.2) is 0 Å². The molecule has 3 saturated heterocycles. The molecule has 4 aliphatic rings. The van der Waals surface area contributed by atoms with Crippen molar-refractivity contribution in [3.8, 4) is 0 Å². The van der Waals surface area contributed by atoms with E-state index in [9.17, 15) is 0 Å². The molecule has 1 aliphatic carbocycles. The SMILES string of the molecule is NCC1(c2ccc(C3CN4CCC3CC4)cc2)CC1. The molecule has 2 nitrogen and oxygen atoms in total. The van der Waals surface area contributed by atoms with Crippen LogP contribution < -0.4 is 5.73 Å². The Labute approximate surface area is 116 Å². The van der Waals surface area contributed by atoms with Gasteiger partial charge in [0.05, 0.1) is 0 Å². The Kier molecular flexibility index (Phi) is 2.71. The average molecular weight is 256 g/mol. The lowest BCUT2D eigenvalue weighted by Crippen LogP contribution is -2.46. The summed E-state index contributed by atoms with van der Waals surface area (Å²) in [4.78, 5) is 2.64. The predicted molar refractivity (Wildman–Crippen MR) is 78.3 cm³/mol. The zero-order chi connectivity index (χ0) is 12.9. The molecule has 1 atom stereocenters. The highest BCUT2D eigenvalue weighted by Crippen LogP contribution is 2.47. The third-order valence-electron chi connectivity index (χ3n) is 5.85. The minimum Gasteiger partial charge on any atom is -0.330 e. The second-order valence-corrected chi connectivity index (χ2v) is 6.85. The lowest BCUT2D eigenvalue weighted by atomic mass is 9.75. The smallest absolute Gasteiger partial charge is 0.00762 e. The van der Waals surface area contributed by atoms with E-state index in [0.29, 0.717) is 5.41 Å². The first-order chi connectivity index (χ1) is 9.31. The van der Waals surface area contributed by atoms with Gasteiger partial charge in [-0.2, -0.15) is 0 Å². The van der Waals surface area contributed by atoms with E-state index in [4.69, 9.17) is 5.73 Å². The van der Waals surface area contributed by atoms with Crippen molar-refractivity contribution in [2.75, 3.05) is 26.2 Å². The molecular formula is C17H24N2. The summed E-state index contributed by atoms with van der Waals surface area (Å²) in [7, 11) is 0. The van der Waals surface area contributed by atoms with Crippen LogP contribution in [0.4, 0.5) is 0 Å². The summed E-state index contributed by atoms with van der Waals surface area (Å²) in [6, 6.07) is 9.48. The van der Waals surface area contributed by atoms with Crippen molar-refractivity contribution in [3.63, 3.8) is 0 Å². The Hall–Kier alpha value is -0.860. The van der Waals surface area contributed by atoms with Gasteiger partial charge in [0.25, 0.3) is 0 Å². The maximum absolute atomic E-state index is 5.92. The van der Waals surface area contributed by atoms with Crippen molar-refractivity contribution in [3.05, 3.63) is 35.4 Å². The largest absolute Gasteiger partial charge is 0.330 e. The minimum absolute atomic E-state index is 0.341. The molecule has 0 aromatic heterocycles. The molecule has 19 heavy (non-hydrogen) atoms. The van der Waals surface area contributed by atoms with Crippen LogP contribution in [-0.2, 0) is 5.41 Å². The molecule has 3 heterocycles. The van der Waals surface area contributed by atoms with E-state index < -0.39 is 0 Å². The molecule has 1 aromatic carbocycles. The van der Waals surface area contributed by atoms with Crippen LogP contribution in [0, 0.1) is 5.92 Å². The molecule has 2 bridgehead atoms. The first-order valence-corrected chi connectivity index (χ1v) is 7.84. The first kappa shape index (κ1) is 11.9. The fourth-order valence-corrected chi connectivity index (χ4v) is 4.19. The third kappa shape index (κ3) is 1.93. The van der Waals surface area contributed by atoms with Crippen LogP contribution in [0.25, 0.3) is 0 Å². The van der Waals surface area contributed by atoms with Crippen molar-refractivity contribution < 1.29 is 0 Å². The molecule has 2 heteroatoms. The summed E-state index contributed by atoms with van der Waals surface area (Å²) in [5.41, 5.74) is 9.30. The number of nitrogens with two attached hydrogens (primary N) is 1. The number of benzene rings is 1. The van der Waals surface area contributed by atoms with Gasteiger partial charge in [-0.05, 0) is 61.7 Å². The van der Waals surface area contributed by atoms with Gasteiger partial charge in [-0.3, -0.25) is 0 Å². The zero-order valence-electron chi connectivity index (χ0n) is 11.6. The quantitative estimate of drug-likeness (QED) is 0.900. The summed E-state index contributed by atoms with van der Waals surface area (Å²) in [5.74, 6) is 1.71. The van der Waals surface area contributed by atoms with Gasteiger partial charge >= 0.3 is 0 Å². The van der Waals surface area contributed by atoms with E-state index in [1.807, 2.05) is 0 Å². The normalized spacial score (nSPS) is 35.3. The van der Waals surface area contributed by atoms with Crippen LogP contribution in [0.15, 0.2) is 24.3 Å². The number of nitrogens with zero attached hydrogens (tertiary/aromatic N) is 1. The molecule has 5 rings (SSSR count). The van der Waals surface area contributed by atoms with Crippen LogP contribution in [-0.4, -0.2) is 31.1 Å². The summed E-state index contributed by atoms with van der Waals surface area (Å²) >= 11 is 0. The van der Waals surface area contributed by atoms with Gasteiger partial charge in [0.1, 0.15) is 0 Å². The molecule has 4 fully saturated rings. The second-order valence-electron chi connectivity index (χ2n) is 6.85. The first-order valence-electron chi connectivity index (χ1n) is 7.84. The fourth-order valence-electron chi connectivity index (χ4n) is 4.19. The lowest BCUT2D eigenvalue weighted by molar-refractivity contribution is 0.0871. The molecular weight excluding hydrogens is 232 g/mol. The van der Waals surface area contributed by atoms with Gasteiger partial charge in [-0.15, -0.1) is 0 Å². The van der Waals surface area contributed by atoms with Gasteiger partial charge in [0, 0.05) is 18.5 Å². The molecule has 1 saturated carbocycles. The molecule has 102 valence electrons. The summed E-state index contributed by atoms with van der Waals surface area (Å²) in [5, 5.41) is 0. The molecule has 0 spiro atoms. The van der Waals surface area contributed by atoms with Crippen LogP contribution in [0.5, 0.6) is 0 Å². The van der Waals surface area contributed by atoms with Gasteiger partial charge < -0.3 is 10.6 Å². The van der Waals surface area contributed by atoms with Crippen molar-refractivity contribution >= 4 is 0 Å². The Morgan fingerprint density at radius 1 is 1.11 bits per heavy atom. The molecule has 0 amide bonds. The molecule has 0 radical (unpaired) electrons. The van der Waals surface area contributed by atoms with Crippen LogP contribution in [0.2, 0.25) is 0 Å². The fraction of sp³-hybridized carbons (Fsp3) is 0.647. The van der Waals surface area contributed by atoms with Crippen molar-refractivity contribution in [1.29, 1.82) is 0 Å². The monoisotopic (exact) mass is 256 g/mol. The van der Waals surface area contributed by atoms with Gasteiger partial charge in [-0.1, -0.05) is 24.3 Å². The Morgan fingerprint density at radius 2 is 1.79 bits per heavy atom. The number of piperidine rings is 3. The van der Waals surface area contributed by atoms with E-state index in [1.54, 1.807) is 5.56 Å². The number of hydrogen-bond donors (Lipinski definition) is 1. The minimum atomic E-state index is 0.341. The highest BCUT2D eigenvalue weighted by molar-refractivity contribution is 5.36. The molecule has 1 aromatic rings. The number of fused-ring (bicyclic) bond motifs is 3. The Morgan fingerprint density at radius 3 is 2.26 bits per heavy atom. The van der Waals surface area contributed by atoms with Crippen LogP contribution in [0.1, 0.15) is 42.7 Å². The molecule has 2 N–H and O–H groups in total. The highest BCUT2D eigenvalue weighted by atomic mass is 15.1. The Balaban J connectivity index is 1.56. The number of hydrogen-bond acceptors (Lipinski definition) is 2. The highest BCUT2D eigenvalue weighted by Gasteiger charge is 2.43. The van der Waals surface area contributed by atoms with E-state index >= 15 is 0 Å². The third-order valence-corrected chi connectivity index (χ3v) is 5.85. The van der Waals surface area contributed by atoms with E-state index in [-0.39, 0.29) is 0 Å². The topological polar surface area (TPSA) is 29.3 Å². The lowest BCUT2D eigenvalue weighted by Gasteiger charge is -2.45. The van der Waals surface area contributed by atoms with Gasteiger partial charge in [-0.25, -0.2) is 0 Å². The average Bonchev–Trinajstić information content (AvgIpc) is 3.30. The molecule has 1 unspecified atom stereocenters. The zero-order valence-corrected chi connectivity index (χ0v) is 11.6. The van der Waals surface area contributed by atoms with E-state index in [0.717, 1.165) is 18.4 Å².